The van der Waals surface area contributed by atoms with Crippen LogP contribution in [0.4, 0.5) is 0 Å². The topological polar surface area (TPSA) is 9.23 Å². The van der Waals surface area contributed by atoms with Gasteiger partial charge in [-0.15, -0.1) is 0 Å². The summed E-state index contributed by atoms with van der Waals surface area (Å²) in [6, 6.07) is 11.0. The summed E-state index contributed by atoms with van der Waals surface area (Å²) in [6.45, 7) is 1.00. The highest BCUT2D eigenvalue weighted by atomic mass is 28.1. The van der Waals surface area contributed by atoms with Crippen LogP contribution in [-0.2, 0) is 11.2 Å². The average Bonchev–Trinajstić information content (AvgIpc) is 2.36. The van der Waals surface area contributed by atoms with Crippen LogP contribution in [0.1, 0.15) is 44.1 Å². The summed E-state index contributed by atoms with van der Waals surface area (Å²) in [6.07, 6.45) is 9.35. The summed E-state index contributed by atoms with van der Waals surface area (Å²) in [4.78, 5) is 0. The summed E-state index contributed by atoms with van der Waals surface area (Å²) < 4.78 is 6.31. The molecular formula is C16H24OSi. The highest BCUT2D eigenvalue weighted by molar-refractivity contribution is 6.15. The van der Waals surface area contributed by atoms with Gasteiger partial charge in [-0.05, 0) is 49.5 Å². The van der Waals surface area contributed by atoms with Crippen molar-refractivity contribution in [2.75, 3.05) is 6.61 Å². The molecule has 1 atom stereocenters. The Morgan fingerprint density at radius 2 is 1.78 bits per heavy atom. The monoisotopic (exact) mass is 260 g/mol. The predicted molar refractivity (Wildman–Crippen MR) is 78.9 cm³/mol. The molecule has 2 heteroatoms. The molecule has 0 radical (unpaired) electrons. The Balaban J connectivity index is 1.81. The fourth-order valence-corrected chi connectivity index (χ4v) is 5.07. The number of benzene rings is 1. The largest absolute Gasteiger partial charge is 0.379 e. The third-order valence-corrected chi connectivity index (χ3v) is 7.14. The normalized spacial score (nSPS) is 30.9. The molecular weight excluding hydrogens is 236 g/mol. The third kappa shape index (κ3) is 2.06. The molecule has 1 aromatic carbocycles. The molecule has 0 aromatic heterocycles. The van der Waals surface area contributed by atoms with E-state index in [9.17, 15) is 0 Å². The van der Waals surface area contributed by atoms with Crippen LogP contribution < -0.4 is 0 Å². The number of ether oxygens (including phenoxy) is 1. The van der Waals surface area contributed by atoms with Crippen LogP contribution >= 0.6 is 0 Å². The Morgan fingerprint density at radius 1 is 1.00 bits per heavy atom. The quantitative estimate of drug-likeness (QED) is 0.759. The van der Waals surface area contributed by atoms with E-state index in [4.69, 9.17) is 4.74 Å². The van der Waals surface area contributed by atoms with E-state index in [1.54, 1.807) is 0 Å². The van der Waals surface area contributed by atoms with Crippen LogP contribution in [0.15, 0.2) is 30.3 Å². The Morgan fingerprint density at radius 3 is 2.33 bits per heavy atom. The van der Waals surface area contributed by atoms with Gasteiger partial charge in [0, 0.05) is 16.8 Å². The first-order chi connectivity index (χ1) is 8.74. The molecule has 18 heavy (non-hydrogen) atoms. The Bertz CT molecular complexity index is 391. The number of hydrogen-bond acceptors (Lipinski definition) is 1. The Labute approximate surface area is 113 Å². The maximum atomic E-state index is 6.31. The van der Waals surface area contributed by atoms with Crippen molar-refractivity contribution in [2.45, 2.75) is 50.2 Å². The van der Waals surface area contributed by atoms with Gasteiger partial charge in [0.1, 0.15) is 0 Å². The van der Waals surface area contributed by atoms with Gasteiger partial charge in [0.25, 0.3) is 0 Å². The van der Waals surface area contributed by atoms with Crippen molar-refractivity contribution in [3.05, 3.63) is 35.9 Å². The molecule has 1 aromatic rings. The maximum absolute atomic E-state index is 6.31. The highest BCUT2D eigenvalue weighted by Gasteiger charge is 2.52. The summed E-state index contributed by atoms with van der Waals surface area (Å²) in [7, 11) is 1.19. The molecule has 1 heterocycles. The highest BCUT2D eigenvalue weighted by Crippen LogP contribution is 2.54. The molecule has 0 N–H and O–H groups in total. The smallest absolute Gasteiger partial charge is 0.0543 e. The lowest BCUT2D eigenvalue weighted by atomic mass is 9.60. The second-order valence-electron chi connectivity index (χ2n) is 6.33. The van der Waals surface area contributed by atoms with Crippen molar-refractivity contribution in [2.24, 2.45) is 5.41 Å². The van der Waals surface area contributed by atoms with Crippen molar-refractivity contribution in [1.29, 1.82) is 0 Å². The first-order valence-corrected chi connectivity index (χ1v) is 8.42. The molecule has 1 unspecified atom stereocenters. The van der Waals surface area contributed by atoms with E-state index in [2.05, 4.69) is 30.3 Å². The van der Waals surface area contributed by atoms with Crippen LogP contribution in [0.3, 0.4) is 0 Å². The van der Waals surface area contributed by atoms with Crippen LogP contribution in [0.5, 0.6) is 0 Å². The zero-order valence-corrected chi connectivity index (χ0v) is 13.5. The van der Waals surface area contributed by atoms with E-state index >= 15 is 0 Å². The lowest BCUT2D eigenvalue weighted by Gasteiger charge is -2.56. The van der Waals surface area contributed by atoms with Gasteiger partial charge < -0.3 is 4.74 Å². The zero-order valence-electron chi connectivity index (χ0n) is 11.5. The summed E-state index contributed by atoms with van der Waals surface area (Å²) in [5.74, 6) is 0. The lowest BCUT2D eigenvalue weighted by molar-refractivity contribution is -0.136. The van der Waals surface area contributed by atoms with Crippen molar-refractivity contribution >= 4 is 10.2 Å². The molecule has 0 spiro atoms. The van der Waals surface area contributed by atoms with Crippen molar-refractivity contribution in [3.63, 3.8) is 0 Å². The van der Waals surface area contributed by atoms with Gasteiger partial charge in [-0.1, -0.05) is 36.8 Å². The van der Waals surface area contributed by atoms with Gasteiger partial charge in [-0.3, -0.25) is 0 Å². The first-order valence-electron chi connectivity index (χ1n) is 7.42. The van der Waals surface area contributed by atoms with Gasteiger partial charge in [-0.25, -0.2) is 0 Å². The van der Waals surface area contributed by atoms with Crippen molar-refractivity contribution in [1.82, 2.24) is 0 Å². The number of rotatable bonds is 3. The molecule has 1 aliphatic carbocycles. The molecule has 0 amide bonds. The van der Waals surface area contributed by atoms with Gasteiger partial charge in [0.15, 0.2) is 0 Å². The summed E-state index contributed by atoms with van der Waals surface area (Å²) >= 11 is 0. The SMILES string of the molecule is [SiH3]C1(C2(Cc3ccccc3)CCC2)CCCCO1. The standard InChI is InChI=1S/C16H24OSi/c18-16(11-4-5-12-17-16)15(9-6-10-15)13-14-7-2-1-3-8-14/h1-3,7-8H,4-6,9-13H2,18H3. The minimum absolute atomic E-state index is 0.263. The first kappa shape index (κ1) is 12.4. The number of hydrogen-bond donors (Lipinski definition) is 0. The Kier molecular flexibility index (Phi) is 3.33. The molecule has 1 saturated carbocycles. The van der Waals surface area contributed by atoms with E-state index in [-0.39, 0.29) is 5.22 Å². The molecule has 1 nitrogen and oxygen atoms in total. The minimum Gasteiger partial charge on any atom is -0.379 e. The van der Waals surface area contributed by atoms with Gasteiger partial charge in [0.05, 0.1) is 5.22 Å². The van der Waals surface area contributed by atoms with E-state index < -0.39 is 0 Å². The lowest BCUT2D eigenvalue weighted by Crippen LogP contribution is -2.57. The predicted octanol–water partition coefficient (Wildman–Crippen LogP) is 2.66. The molecule has 3 rings (SSSR count). The fraction of sp³-hybridized carbons (Fsp3) is 0.625. The van der Waals surface area contributed by atoms with E-state index in [1.165, 1.54) is 60.8 Å². The molecule has 1 aliphatic heterocycles. The van der Waals surface area contributed by atoms with Crippen molar-refractivity contribution in [3.8, 4) is 0 Å². The third-order valence-electron chi connectivity index (χ3n) is 5.29. The molecule has 2 fully saturated rings. The minimum atomic E-state index is 0.263. The van der Waals surface area contributed by atoms with Gasteiger partial charge >= 0.3 is 0 Å². The molecule has 2 aliphatic rings. The van der Waals surface area contributed by atoms with E-state index in [0.717, 1.165) is 6.61 Å². The van der Waals surface area contributed by atoms with Crippen LogP contribution in [0.25, 0.3) is 0 Å². The van der Waals surface area contributed by atoms with Crippen LogP contribution in [-0.4, -0.2) is 22.1 Å². The van der Waals surface area contributed by atoms with E-state index in [1.807, 2.05) is 0 Å². The van der Waals surface area contributed by atoms with E-state index in [0.29, 0.717) is 5.41 Å². The van der Waals surface area contributed by atoms with Gasteiger partial charge in [-0.2, -0.15) is 0 Å². The molecule has 98 valence electrons. The van der Waals surface area contributed by atoms with Crippen LogP contribution in [0, 0.1) is 5.41 Å². The zero-order chi connectivity index (χ0) is 12.5. The molecule has 1 saturated heterocycles. The second kappa shape index (κ2) is 4.82. The van der Waals surface area contributed by atoms with Crippen molar-refractivity contribution < 1.29 is 4.74 Å². The average molecular weight is 260 g/mol. The van der Waals surface area contributed by atoms with Gasteiger partial charge in [0.2, 0.25) is 0 Å². The maximum Gasteiger partial charge on any atom is 0.0543 e. The summed E-state index contributed by atoms with van der Waals surface area (Å²) in [5, 5.41) is 0.263. The second-order valence-corrected chi connectivity index (χ2v) is 7.95. The Hall–Kier alpha value is -0.603. The summed E-state index contributed by atoms with van der Waals surface area (Å²) in [5.41, 5.74) is 1.97. The fourth-order valence-electron chi connectivity index (χ4n) is 3.83. The molecule has 0 bridgehead atoms. The van der Waals surface area contributed by atoms with Crippen LogP contribution in [0.2, 0.25) is 0 Å².